The van der Waals surface area contributed by atoms with Crippen molar-refractivity contribution in [2.24, 2.45) is 11.7 Å². The second-order valence-electron chi connectivity index (χ2n) is 9.99. The van der Waals surface area contributed by atoms with Crippen LogP contribution < -0.4 is 10.6 Å². The van der Waals surface area contributed by atoms with E-state index in [1.807, 2.05) is 29.2 Å². The number of hydrogen-bond acceptors (Lipinski definition) is 6. The number of carbonyl (C=O) groups excluding carboxylic acids is 1. The van der Waals surface area contributed by atoms with Crippen LogP contribution in [0.3, 0.4) is 0 Å². The van der Waals surface area contributed by atoms with Crippen LogP contribution in [0.15, 0.2) is 42.6 Å². The fourth-order valence-corrected chi connectivity index (χ4v) is 6.63. The first-order chi connectivity index (χ1) is 17.9. The number of hydrogen-bond donors (Lipinski definition) is 1. The summed E-state index contributed by atoms with van der Waals surface area (Å²) in [5, 5.41) is 4.72. The molecule has 1 aromatic carbocycles. The van der Waals surface area contributed by atoms with Crippen LogP contribution in [-0.2, 0) is 14.6 Å². The quantitative estimate of drug-likeness (QED) is 0.523. The van der Waals surface area contributed by atoms with E-state index in [0.29, 0.717) is 35.9 Å². The van der Waals surface area contributed by atoms with Crippen molar-refractivity contribution < 1.29 is 26.4 Å². The molecule has 0 radical (unpaired) electrons. The topological polar surface area (TPSA) is 111 Å². The number of carbonyl (C=O) groups is 1. The molecule has 2 atom stereocenters. The molecule has 38 heavy (non-hydrogen) atoms. The lowest BCUT2D eigenvalue weighted by molar-refractivity contribution is -0.130. The van der Waals surface area contributed by atoms with Crippen molar-refractivity contribution in [2.75, 3.05) is 29.5 Å². The van der Waals surface area contributed by atoms with Gasteiger partial charge in [-0.1, -0.05) is 12.1 Å². The number of sulfone groups is 1. The molecule has 1 saturated heterocycles. The molecular weight excluding hydrogens is 519 g/mol. The molecule has 0 bridgehead atoms. The molecule has 5 rings (SSSR count). The highest BCUT2D eigenvalue weighted by Gasteiger charge is 2.46. The molecule has 2 N–H and O–H groups in total. The average molecular weight is 548 g/mol. The normalized spacial score (nSPS) is 22.8. The van der Waals surface area contributed by atoms with Gasteiger partial charge in [0.1, 0.15) is 5.82 Å². The number of aromatic nitrogens is 3. The van der Waals surface area contributed by atoms with E-state index in [4.69, 9.17) is 10.8 Å². The average Bonchev–Trinajstić information content (AvgIpc) is 3.21. The molecule has 12 heteroatoms. The first-order valence-corrected chi connectivity index (χ1v) is 14.2. The van der Waals surface area contributed by atoms with Gasteiger partial charge in [0, 0.05) is 43.1 Å². The molecule has 3 aromatic rings. The zero-order valence-corrected chi connectivity index (χ0v) is 21.6. The first-order valence-electron chi connectivity index (χ1n) is 12.4. The molecule has 2 aliphatic rings. The lowest BCUT2D eigenvalue weighted by atomic mass is 9.74. The Morgan fingerprint density at radius 1 is 1.11 bits per heavy atom. The maximum atomic E-state index is 14.3. The van der Waals surface area contributed by atoms with Crippen LogP contribution in [0, 0.1) is 18.7 Å². The minimum absolute atomic E-state index is 0.0290. The molecule has 8 nitrogen and oxygen atoms in total. The van der Waals surface area contributed by atoms with Gasteiger partial charge >= 0.3 is 0 Å². The number of pyridine rings is 1. The van der Waals surface area contributed by atoms with Gasteiger partial charge in [0.2, 0.25) is 11.8 Å². The first kappa shape index (κ1) is 26.2. The van der Waals surface area contributed by atoms with E-state index in [1.54, 1.807) is 6.92 Å². The zero-order chi connectivity index (χ0) is 27.2. The fourth-order valence-electron chi connectivity index (χ4n) is 5.43. The van der Waals surface area contributed by atoms with E-state index in [1.165, 1.54) is 16.8 Å². The number of amides is 1. The van der Waals surface area contributed by atoms with Crippen molar-refractivity contribution in [3.8, 4) is 16.9 Å². The summed E-state index contributed by atoms with van der Waals surface area (Å²) in [6.45, 7) is 2.60. The van der Waals surface area contributed by atoms with E-state index < -0.39 is 52.2 Å². The monoisotopic (exact) mass is 547 g/mol. The molecule has 0 spiro atoms. The standard InChI is InChI=1S/C26H28F3N5O3S/c1-16-23(17-2-5-19(6-3-17)33-10-12-38(36,37)13-11-33)24(32-34(16)22-7-4-18(27)15-31-22)20-8-9-26(28,29)14-21(20)25(30)35/h2-7,15,20-21H,8-14H2,1H3,(H2,30,35)/t20-,21-/m1/s1. The third kappa shape index (κ3) is 5.13. The minimum Gasteiger partial charge on any atom is -0.369 e. The van der Waals surface area contributed by atoms with Crippen LogP contribution in [0.2, 0.25) is 0 Å². The molecule has 3 heterocycles. The van der Waals surface area contributed by atoms with Gasteiger partial charge in [0.05, 0.1) is 35.0 Å². The van der Waals surface area contributed by atoms with Crippen LogP contribution in [0.5, 0.6) is 0 Å². The number of benzene rings is 1. The Morgan fingerprint density at radius 3 is 2.39 bits per heavy atom. The van der Waals surface area contributed by atoms with Crippen molar-refractivity contribution in [2.45, 2.75) is 38.0 Å². The molecule has 2 fully saturated rings. The Kier molecular flexibility index (Phi) is 6.70. The Bertz CT molecular complexity index is 1440. The van der Waals surface area contributed by atoms with Crippen LogP contribution >= 0.6 is 0 Å². The predicted octanol–water partition coefficient (Wildman–Crippen LogP) is 3.62. The smallest absolute Gasteiger partial charge is 0.249 e. The molecule has 1 aliphatic carbocycles. The van der Waals surface area contributed by atoms with Gasteiger partial charge in [-0.15, -0.1) is 0 Å². The van der Waals surface area contributed by atoms with Crippen molar-refractivity contribution in [1.82, 2.24) is 14.8 Å². The number of anilines is 1. The maximum absolute atomic E-state index is 14.3. The molecule has 1 saturated carbocycles. The molecular formula is C26H28F3N5O3S. The second kappa shape index (κ2) is 9.72. The SMILES string of the molecule is Cc1c(-c2ccc(N3CCS(=O)(=O)CC3)cc2)c([C@@H]2CCC(F)(F)C[C@H]2C(N)=O)nn1-c1ccc(F)cn1. The van der Waals surface area contributed by atoms with E-state index in [-0.39, 0.29) is 17.9 Å². The van der Waals surface area contributed by atoms with Crippen LogP contribution in [0.25, 0.3) is 16.9 Å². The van der Waals surface area contributed by atoms with Crippen LogP contribution in [0.4, 0.5) is 18.9 Å². The summed E-state index contributed by atoms with van der Waals surface area (Å²) in [5.41, 5.74) is 8.99. The molecule has 1 amide bonds. The number of primary amides is 1. The summed E-state index contributed by atoms with van der Waals surface area (Å²) < 4.78 is 67.2. The molecule has 0 unspecified atom stereocenters. The number of nitrogens with two attached hydrogens (primary N) is 1. The Hall–Kier alpha value is -3.41. The predicted molar refractivity (Wildman–Crippen MR) is 137 cm³/mol. The third-order valence-electron chi connectivity index (χ3n) is 7.48. The van der Waals surface area contributed by atoms with Gasteiger partial charge < -0.3 is 10.6 Å². The number of halogens is 3. The second-order valence-corrected chi connectivity index (χ2v) is 12.3. The van der Waals surface area contributed by atoms with Crippen LogP contribution in [-0.4, -0.2) is 59.6 Å². The third-order valence-corrected chi connectivity index (χ3v) is 9.09. The molecule has 1 aliphatic heterocycles. The largest absolute Gasteiger partial charge is 0.369 e. The van der Waals surface area contributed by atoms with Crippen molar-refractivity contribution in [3.05, 3.63) is 59.8 Å². The van der Waals surface area contributed by atoms with Crippen molar-refractivity contribution in [1.29, 1.82) is 0 Å². The lowest BCUT2D eigenvalue weighted by Gasteiger charge is -2.34. The highest BCUT2D eigenvalue weighted by atomic mass is 32.2. The van der Waals surface area contributed by atoms with E-state index in [9.17, 15) is 26.4 Å². The summed E-state index contributed by atoms with van der Waals surface area (Å²) in [4.78, 5) is 18.4. The highest BCUT2D eigenvalue weighted by molar-refractivity contribution is 7.91. The Morgan fingerprint density at radius 2 is 1.79 bits per heavy atom. The number of nitrogens with zero attached hydrogens (tertiary/aromatic N) is 4. The van der Waals surface area contributed by atoms with Crippen LogP contribution in [0.1, 0.15) is 36.6 Å². The maximum Gasteiger partial charge on any atom is 0.249 e. The zero-order valence-electron chi connectivity index (χ0n) is 20.8. The summed E-state index contributed by atoms with van der Waals surface area (Å²) in [5.74, 6) is -5.50. The Labute approximate surface area is 218 Å². The fraction of sp³-hybridized carbons (Fsp3) is 0.423. The van der Waals surface area contributed by atoms with Gasteiger partial charge in [0.25, 0.3) is 0 Å². The summed E-state index contributed by atoms with van der Waals surface area (Å²) in [6, 6.07) is 10.2. The van der Waals surface area contributed by atoms with E-state index in [2.05, 4.69) is 4.98 Å². The lowest BCUT2D eigenvalue weighted by Crippen LogP contribution is -2.40. The Balaban J connectivity index is 1.57. The van der Waals surface area contributed by atoms with Gasteiger partial charge in [0.15, 0.2) is 15.7 Å². The number of alkyl halides is 2. The van der Waals surface area contributed by atoms with Crippen molar-refractivity contribution in [3.63, 3.8) is 0 Å². The summed E-state index contributed by atoms with van der Waals surface area (Å²) >= 11 is 0. The van der Waals surface area contributed by atoms with Gasteiger partial charge in [-0.2, -0.15) is 5.10 Å². The van der Waals surface area contributed by atoms with E-state index in [0.717, 1.165) is 17.4 Å². The van der Waals surface area contributed by atoms with E-state index >= 15 is 0 Å². The van der Waals surface area contributed by atoms with Gasteiger partial charge in [-0.05, 0) is 43.2 Å². The summed E-state index contributed by atoms with van der Waals surface area (Å²) in [7, 11) is -3.02. The molecule has 202 valence electrons. The van der Waals surface area contributed by atoms with Crippen molar-refractivity contribution >= 4 is 21.4 Å². The summed E-state index contributed by atoms with van der Waals surface area (Å²) in [6.07, 6.45) is 0.0559. The molecule has 2 aromatic heterocycles. The highest BCUT2D eigenvalue weighted by Crippen LogP contribution is 2.47. The van der Waals surface area contributed by atoms with Gasteiger partial charge in [-0.3, -0.25) is 4.79 Å². The minimum atomic E-state index is -3.02. The van der Waals surface area contributed by atoms with Gasteiger partial charge in [-0.25, -0.2) is 31.3 Å². The number of rotatable bonds is 5.